The summed E-state index contributed by atoms with van der Waals surface area (Å²) in [6.45, 7) is 2.60. The van der Waals surface area contributed by atoms with Crippen LogP contribution >= 0.6 is 0 Å². The summed E-state index contributed by atoms with van der Waals surface area (Å²) >= 11 is 0. The zero-order valence-corrected chi connectivity index (χ0v) is 11.6. The molecule has 2 N–H and O–H groups in total. The first-order valence-corrected chi connectivity index (χ1v) is 6.42. The fourth-order valence-corrected chi connectivity index (χ4v) is 1.98. The van der Waals surface area contributed by atoms with Crippen molar-refractivity contribution in [2.24, 2.45) is 0 Å². The van der Waals surface area contributed by atoms with Crippen LogP contribution in [0.4, 0.5) is 17.1 Å². The first kappa shape index (κ1) is 13.8. The lowest BCUT2D eigenvalue weighted by atomic mass is 10.1. The molecule has 0 heterocycles. The molecule has 0 aliphatic carbocycles. The van der Waals surface area contributed by atoms with Crippen molar-refractivity contribution < 1.29 is 4.74 Å². The highest BCUT2D eigenvalue weighted by Crippen LogP contribution is 2.30. The third-order valence-electron chi connectivity index (χ3n) is 3.06. The Morgan fingerprint density at radius 2 is 1.90 bits per heavy atom. The van der Waals surface area contributed by atoms with Crippen molar-refractivity contribution in [3.05, 3.63) is 48.0 Å². The van der Waals surface area contributed by atoms with Gasteiger partial charge in [-0.05, 0) is 49.4 Å². The molecule has 0 fully saturated rings. The van der Waals surface area contributed by atoms with Crippen molar-refractivity contribution in [1.82, 2.24) is 0 Å². The third-order valence-corrected chi connectivity index (χ3v) is 3.06. The molecule has 4 heteroatoms. The molecule has 0 amide bonds. The number of benzene rings is 2. The molecule has 2 rings (SSSR count). The maximum atomic E-state index is 8.97. The average Bonchev–Trinajstić information content (AvgIpc) is 2.48. The van der Waals surface area contributed by atoms with Crippen LogP contribution in [0, 0.1) is 11.3 Å². The SMILES string of the molecule is CCOc1ccc(N(C)c2cc(C#N)ccc2N)cc1. The van der Waals surface area contributed by atoms with E-state index in [1.54, 1.807) is 18.2 Å². The second-order valence-corrected chi connectivity index (χ2v) is 4.37. The number of ether oxygens (including phenoxy) is 1. The minimum absolute atomic E-state index is 0.590. The highest BCUT2D eigenvalue weighted by atomic mass is 16.5. The van der Waals surface area contributed by atoms with Gasteiger partial charge in [0.1, 0.15) is 5.75 Å². The molecule has 2 aromatic carbocycles. The number of nitrogens with two attached hydrogens (primary N) is 1. The van der Waals surface area contributed by atoms with Gasteiger partial charge in [-0.2, -0.15) is 5.26 Å². The monoisotopic (exact) mass is 267 g/mol. The summed E-state index contributed by atoms with van der Waals surface area (Å²) in [7, 11) is 1.92. The Hall–Kier alpha value is -2.67. The van der Waals surface area contributed by atoms with Gasteiger partial charge in [-0.1, -0.05) is 0 Å². The molecule has 0 bridgehead atoms. The summed E-state index contributed by atoms with van der Waals surface area (Å²) in [5.41, 5.74) is 9.01. The molecule has 0 unspecified atom stereocenters. The molecule has 2 aromatic rings. The van der Waals surface area contributed by atoms with E-state index in [1.165, 1.54) is 0 Å². The Morgan fingerprint density at radius 3 is 2.50 bits per heavy atom. The van der Waals surface area contributed by atoms with Gasteiger partial charge in [0.05, 0.1) is 29.6 Å². The third kappa shape index (κ3) is 2.83. The molecule has 0 saturated carbocycles. The van der Waals surface area contributed by atoms with Crippen LogP contribution in [0.5, 0.6) is 5.75 Å². The Labute approximate surface area is 119 Å². The summed E-state index contributed by atoms with van der Waals surface area (Å²) in [4.78, 5) is 1.95. The minimum Gasteiger partial charge on any atom is -0.494 e. The van der Waals surface area contributed by atoms with Gasteiger partial charge in [-0.15, -0.1) is 0 Å². The van der Waals surface area contributed by atoms with Crippen LogP contribution in [0.25, 0.3) is 0 Å². The number of nitrogen functional groups attached to an aromatic ring is 1. The van der Waals surface area contributed by atoms with Crippen molar-refractivity contribution in [2.75, 3.05) is 24.3 Å². The number of anilines is 3. The molecule has 0 saturated heterocycles. The molecule has 0 aromatic heterocycles. The van der Waals surface area contributed by atoms with Gasteiger partial charge >= 0.3 is 0 Å². The van der Waals surface area contributed by atoms with Crippen molar-refractivity contribution in [1.29, 1.82) is 5.26 Å². The quantitative estimate of drug-likeness (QED) is 0.863. The zero-order valence-electron chi connectivity index (χ0n) is 11.6. The van der Waals surface area contributed by atoms with Crippen LogP contribution in [-0.4, -0.2) is 13.7 Å². The van der Waals surface area contributed by atoms with E-state index in [-0.39, 0.29) is 0 Å². The minimum atomic E-state index is 0.590. The summed E-state index contributed by atoms with van der Waals surface area (Å²) in [6, 6.07) is 15.1. The van der Waals surface area contributed by atoms with E-state index in [1.807, 2.05) is 43.1 Å². The predicted octanol–water partition coefficient (Wildman–Crippen LogP) is 3.31. The van der Waals surface area contributed by atoms with Gasteiger partial charge in [-0.3, -0.25) is 0 Å². The maximum Gasteiger partial charge on any atom is 0.119 e. The molecule has 0 aliphatic heterocycles. The van der Waals surface area contributed by atoms with E-state index >= 15 is 0 Å². The van der Waals surface area contributed by atoms with Gasteiger partial charge in [-0.25, -0.2) is 0 Å². The largest absolute Gasteiger partial charge is 0.494 e. The number of hydrogen-bond acceptors (Lipinski definition) is 4. The molecule has 20 heavy (non-hydrogen) atoms. The summed E-state index contributed by atoms with van der Waals surface area (Å²) in [5, 5.41) is 8.97. The van der Waals surface area contributed by atoms with Crippen molar-refractivity contribution in [3.63, 3.8) is 0 Å². The van der Waals surface area contributed by atoms with E-state index in [4.69, 9.17) is 15.7 Å². The number of nitriles is 1. The number of rotatable bonds is 4. The van der Waals surface area contributed by atoms with E-state index < -0.39 is 0 Å². The highest BCUT2D eigenvalue weighted by molar-refractivity contribution is 5.75. The molecule has 0 aliphatic rings. The van der Waals surface area contributed by atoms with Crippen LogP contribution in [0.1, 0.15) is 12.5 Å². The lowest BCUT2D eigenvalue weighted by Crippen LogP contribution is -2.11. The van der Waals surface area contributed by atoms with Gasteiger partial charge in [0, 0.05) is 12.7 Å². The Balaban J connectivity index is 2.31. The fourth-order valence-electron chi connectivity index (χ4n) is 1.98. The average molecular weight is 267 g/mol. The molecular weight excluding hydrogens is 250 g/mol. The standard InChI is InChI=1S/C16H17N3O/c1-3-20-14-7-5-13(6-8-14)19(2)16-10-12(11-17)4-9-15(16)18/h4-10H,3,18H2,1-2H3. The summed E-state index contributed by atoms with van der Waals surface area (Å²) in [6.07, 6.45) is 0. The second kappa shape index (κ2) is 5.98. The first-order chi connectivity index (χ1) is 9.65. The molecule has 4 nitrogen and oxygen atoms in total. The summed E-state index contributed by atoms with van der Waals surface area (Å²) in [5.74, 6) is 0.836. The Kier molecular flexibility index (Phi) is 4.11. The van der Waals surface area contributed by atoms with Crippen molar-refractivity contribution in [2.45, 2.75) is 6.92 Å². The molecule has 0 atom stereocenters. The van der Waals surface area contributed by atoms with Crippen LogP contribution < -0.4 is 15.4 Å². The number of nitrogens with zero attached hydrogens (tertiary/aromatic N) is 2. The second-order valence-electron chi connectivity index (χ2n) is 4.37. The highest BCUT2D eigenvalue weighted by Gasteiger charge is 2.09. The number of hydrogen-bond donors (Lipinski definition) is 1. The van der Waals surface area contributed by atoms with Crippen LogP contribution in [-0.2, 0) is 0 Å². The van der Waals surface area contributed by atoms with E-state index in [2.05, 4.69) is 6.07 Å². The van der Waals surface area contributed by atoms with Gasteiger partial charge in [0.25, 0.3) is 0 Å². The first-order valence-electron chi connectivity index (χ1n) is 6.42. The zero-order chi connectivity index (χ0) is 14.5. The Bertz CT molecular complexity index is 629. The smallest absolute Gasteiger partial charge is 0.119 e. The molecule has 102 valence electrons. The van der Waals surface area contributed by atoms with Gasteiger partial charge in [0.15, 0.2) is 0 Å². The van der Waals surface area contributed by atoms with Crippen LogP contribution in [0.3, 0.4) is 0 Å². The van der Waals surface area contributed by atoms with E-state index in [0.29, 0.717) is 17.9 Å². The van der Waals surface area contributed by atoms with E-state index in [0.717, 1.165) is 17.1 Å². The molecule has 0 spiro atoms. The Morgan fingerprint density at radius 1 is 1.20 bits per heavy atom. The maximum absolute atomic E-state index is 8.97. The predicted molar refractivity (Wildman–Crippen MR) is 81.2 cm³/mol. The lowest BCUT2D eigenvalue weighted by Gasteiger charge is -2.21. The molecular formula is C16H17N3O. The van der Waals surface area contributed by atoms with Gasteiger partial charge in [0.2, 0.25) is 0 Å². The lowest BCUT2D eigenvalue weighted by molar-refractivity contribution is 0.340. The topological polar surface area (TPSA) is 62.3 Å². The fraction of sp³-hybridized carbons (Fsp3) is 0.188. The molecule has 0 radical (unpaired) electrons. The van der Waals surface area contributed by atoms with Gasteiger partial charge < -0.3 is 15.4 Å². The summed E-state index contributed by atoms with van der Waals surface area (Å²) < 4.78 is 5.42. The normalized spacial score (nSPS) is 9.85. The van der Waals surface area contributed by atoms with E-state index in [9.17, 15) is 0 Å². The van der Waals surface area contributed by atoms with Crippen molar-refractivity contribution in [3.8, 4) is 11.8 Å². The van der Waals surface area contributed by atoms with Crippen LogP contribution in [0.15, 0.2) is 42.5 Å². The van der Waals surface area contributed by atoms with Crippen molar-refractivity contribution >= 4 is 17.1 Å². The van der Waals surface area contributed by atoms with Crippen LogP contribution in [0.2, 0.25) is 0 Å².